The van der Waals surface area contributed by atoms with Crippen molar-refractivity contribution < 1.29 is 4.39 Å². The van der Waals surface area contributed by atoms with Crippen molar-refractivity contribution in [3.8, 4) is 6.07 Å². The fraction of sp³-hybridized carbons (Fsp3) is 0.533. The molecule has 2 rings (SSSR count). The Morgan fingerprint density at radius 2 is 2.05 bits per heavy atom. The van der Waals surface area contributed by atoms with Gasteiger partial charge in [-0.15, -0.1) is 0 Å². The number of hydrogen-bond donors (Lipinski definition) is 1. The van der Waals surface area contributed by atoms with Crippen molar-refractivity contribution in [3.63, 3.8) is 0 Å². The molecule has 2 nitrogen and oxygen atoms in total. The highest BCUT2D eigenvalue weighted by molar-refractivity contribution is 9.10. The van der Waals surface area contributed by atoms with Gasteiger partial charge >= 0.3 is 0 Å². The molecule has 1 aromatic rings. The summed E-state index contributed by atoms with van der Waals surface area (Å²) in [5.41, 5.74) is -0.564. The molecule has 0 saturated heterocycles. The van der Waals surface area contributed by atoms with Crippen molar-refractivity contribution in [3.05, 3.63) is 34.1 Å². The van der Waals surface area contributed by atoms with E-state index in [9.17, 15) is 9.65 Å². The zero-order valence-corrected chi connectivity index (χ0v) is 12.6. The van der Waals surface area contributed by atoms with E-state index < -0.39 is 5.54 Å². The molecule has 1 fully saturated rings. The lowest BCUT2D eigenvalue weighted by atomic mass is 9.88. The van der Waals surface area contributed by atoms with E-state index in [1.165, 1.54) is 25.3 Å². The van der Waals surface area contributed by atoms with E-state index >= 15 is 0 Å². The second-order valence-corrected chi connectivity index (χ2v) is 6.26. The van der Waals surface area contributed by atoms with Crippen LogP contribution in [-0.4, -0.2) is 6.04 Å². The van der Waals surface area contributed by atoms with Gasteiger partial charge in [0.2, 0.25) is 0 Å². The molecule has 0 spiro atoms. The smallest absolute Gasteiger partial charge is 0.132 e. The first-order valence-electron chi connectivity index (χ1n) is 6.69. The molecule has 102 valence electrons. The van der Waals surface area contributed by atoms with Crippen LogP contribution in [0.5, 0.6) is 0 Å². The number of nitriles is 1. The lowest BCUT2D eigenvalue weighted by molar-refractivity contribution is 0.305. The van der Waals surface area contributed by atoms with Crippen LogP contribution in [0.25, 0.3) is 0 Å². The summed E-state index contributed by atoms with van der Waals surface area (Å²) < 4.78 is 14.8. The molecule has 1 unspecified atom stereocenters. The molecule has 0 bridgehead atoms. The second-order valence-electron chi connectivity index (χ2n) is 5.34. The fourth-order valence-corrected chi connectivity index (χ4v) is 3.07. The predicted octanol–water partition coefficient (Wildman–Crippen LogP) is 4.25. The zero-order valence-electron chi connectivity index (χ0n) is 11.0. The Bertz CT molecular complexity index is 491. The first-order valence-corrected chi connectivity index (χ1v) is 7.49. The van der Waals surface area contributed by atoms with Gasteiger partial charge in [0.25, 0.3) is 0 Å². The van der Waals surface area contributed by atoms with Crippen molar-refractivity contribution in [2.24, 2.45) is 0 Å². The summed E-state index contributed by atoms with van der Waals surface area (Å²) in [5.74, 6) is -0.337. The number of nitrogens with zero attached hydrogens (tertiary/aromatic N) is 1. The topological polar surface area (TPSA) is 35.8 Å². The van der Waals surface area contributed by atoms with Crippen molar-refractivity contribution in [2.45, 2.75) is 50.6 Å². The molecular formula is C15H18BrFN2. The van der Waals surface area contributed by atoms with Gasteiger partial charge in [-0.3, -0.25) is 5.32 Å². The second kappa shape index (κ2) is 6.02. The summed E-state index contributed by atoms with van der Waals surface area (Å²) in [5, 5.41) is 12.8. The minimum Gasteiger partial charge on any atom is -0.293 e. The van der Waals surface area contributed by atoms with Gasteiger partial charge in [-0.25, -0.2) is 4.39 Å². The maximum absolute atomic E-state index is 14.0. The lowest BCUT2D eigenvalue weighted by Crippen LogP contribution is -2.46. The van der Waals surface area contributed by atoms with Crippen LogP contribution < -0.4 is 5.32 Å². The average molecular weight is 325 g/mol. The van der Waals surface area contributed by atoms with Crippen LogP contribution >= 0.6 is 15.9 Å². The highest BCUT2D eigenvalue weighted by Crippen LogP contribution is 2.29. The average Bonchev–Trinajstić information content (AvgIpc) is 2.42. The first-order chi connectivity index (χ1) is 9.05. The van der Waals surface area contributed by atoms with E-state index in [1.807, 2.05) is 0 Å². The molecule has 4 heteroatoms. The molecule has 0 amide bonds. The third-order valence-corrected chi connectivity index (χ3v) is 4.28. The minimum absolute atomic E-state index is 0.303. The lowest BCUT2D eigenvalue weighted by Gasteiger charge is -2.32. The highest BCUT2D eigenvalue weighted by atomic mass is 79.9. The SMILES string of the molecule is CC(C#N)(NC1CCCCC1)c1cc(Br)ccc1F. The highest BCUT2D eigenvalue weighted by Gasteiger charge is 2.32. The van der Waals surface area contributed by atoms with Gasteiger partial charge in [-0.05, 0) is 38.0 Å². The standard InChI is InChI=1S/C15H18BrFN2/c1-15(10-18,19-12-5-3-2-4-6-12)13-9-11(16)7-8-14(13)17/h7-9,12,19H,2-6H2,1H3. The molecule has 1 atom stereocenters. The third-order valence-electron chi connectivity index (χ3n) is 3.79. The van der Waals surface area contributed by atoms with Crippen LogP contribution in [0.15, 0.2) is 22.7 Å². The molecule has 0 heterocycles. The van der Waals surface area contributed by atoms with Gasteiger partial charge in [-0.2, -0.15) is 5.26 Å². The van der Waals surface area contributed by atoms with Gasteiger partial charge in [0.1, 0.15) is 11.4 Å². The Morgan fingerprint density at radius 3 is 2.68 bits per heavy atom. The van der Waals surface area contributed by atoms with E-state index in [-0.39, 0.29) is 5.82 Å². The van der Waals surface area contributed by atoms with Gasteiger partial charge in [0.05, 0.1) is 6.07 Å². The zero-order chi connectivity index (χ0) is 13.9. The van der Waals surface area contributed by atoms with Crippen LogP contribution in [0.4, 0.5) is 4.39 Å². The van der Waals surface area contributed by atoms with E-state index in [0.29, 0.717) is 11.6 Å². The number of rotatable bonds is 3. The quantitative estimate of drug-likeness (QED) is 0.902. The maximum atomic E-state index is 14.0. The summed E-state index contributed by atoms with van der Waals surface area (Å²) in [7, 11) is 0. The molecule has 1 aliphatic rings. The Hall–Kier alpha value is -0.920. The molecule has 1 aliphatic carbocycles. The van der Waals surface area contributed by atoms with Crippen molar-refractivity contribution in [1.29, 1.82) is 5.26 Å². The molecular weight excluding hydrogens is 307 g/mol. The van der Waals surface area contributed by atoms with Crippen LogP contribution in [-0.2, 0) is 5.54 Å². The normalized spacial score (nSPS) is 19.7. The van der Waals surface area contributed by atoms with Crippen LogP contribution in [0, 0.1) is 17.1 Å². The monoisotopic (exact) mass is 324 g/mol. The summed E-state index contributed by atoms with van der Waals surface area (Å²) in [6, 6.07) is 7.28. The van der Waals surface area contributed by atoms with Crippen LogP contribution in [0.2, 0.25) is 0 Å². The van der Waals surface area contributed by atoms with E-state index in [4.69, 9.17) is 0 Å². The molecule has 0 aromatic heterocycles. The van der Waals surface area contributed by atoms with Gasteiger partial charge in [-0.1, -0.05) is 35.2 Å². The first kappa shape index (κ1) is 14.5. The Balaban J connectivity index is 2.26. The van der Waals surface area contributed by atoms with Crippen LogP contribution in [0.3, 0.4) is 0 Å². The Morgan fingerprint density at radius 1 is 1.37 bits per heavy atom. The predicted molar refractivity (Wildman–Crippen MR) is 77.1 cm³/mol. The minimum atomic E-state index is -0.976. The molecule has 0 aliphatic heterocycles. The fourth-order valence-electron chi connectivity index (χ4n) is 2.71. The summed E-state index contributed by atoms with van der Waals surface area (Å²) in [4.78, 5) is 0. The van der Waals surface area contributed by atoms with E-state index in [0.717, 1.165) is 17.3 Å². The maximum Gasteiger partial charge on any atom is 0.132 e. The summed E-state index contributed by atoms with van der Waals surface area (Å²) >= 11 is 3.34. The third kappa shape index (κ3) is 3.34. The molecule has 0 radical (unpaired) electrons. The van der Waals surface area contributed by atoms with Crippen molar-refractivity contribution in [1.82, 2.24) is 5.32 Å². The summed E-state index contributed by atoms with van der Waals surface area (Å²) in [6.07, 6.45) is 5.74. The number of hydrogen-bond acceptors (Lipinski definition) is 2. The van der Waals surface area contributed by atoms with E-state index in [1.54, 1.807) is 19.1 Å². The van der Waals surface area contributed by atoms with Crippen molar-refractivity contribution >= 4 is 15.9 Å². The van der Waals surface area contributed by atoms with E-state index in [2.05, 4.69) is 27.3 Å². The van der Waals surface area contributed by atoms with Crippen LogP contribution in [0.1, 0.15) is 44.6 Å². The number of nitrogens with one attached hydrogen (secondary N) is 1. The van der Waals surface area contributed by atoms with Gasteiger partial charge in [0, 0.05) is 16.1 Å². The largest absolute Gasteiger partial charge is 0.293 e. The molecule has 1 aromatic carbocycles. The Labute approximate surface area is 122 Å². The number of benzene rings is 1. The molecule has 1 N–H and O–H groups in total. The van der Waals surface area contributed by atoms with Crippen molar-refractivity contribution in [2.75, 3.05) is 0 Å². The van der Waals surface area contributed by atoms with Gasteiger partial charge < -0.3 is 0 Å². The molecule has 1 saturated carbocycles. The molecule has 19 heavy (non-hydrogen) atoms. The Kier molecular flexibility index (Phi) is 4.59. The summed E-state index contributed by atoms with van der Waals surface area (Å²) in [6.45, 7) is 1.76. The number of halogens is 2. The van der Waals surface area contributed by atoms with Gasteiger partial charge in [0.15, 0.2) is 0 Å².